The molecule has 2 N–H and O–H groups in total. The highest BCUT2D eigenvalue weighted by Crippen LogP contribution is 2.38. The Bertz CT molecular complexity index is 849. The van der Waals surface area contributed by atoms with Gasteiger partial charge in [-0.05, 0) is 23.3 Å². The SMILES string of the molecule is CC(=O)Nc1ccc(C2OC(CN3CCOCC3)CC(c3ccc(CO)cc3)O2)cc1. The van der Waals surface area contributed by atoms with Gasteiger partial charge in [-0.2, -0.15) is 0 Å². The molecule has 2 aliphatic heterocycles. The molecule has 0 bridgehead atoms. The number of amides is 1. The Labute approximate surface area is 182 Å². The lowest BCUT2D eigenvalue weighted by Crippen LogP contribution is -2.44. The third-order valence-corrected chi connectivity index (χ3v) is 5.68. The summed E-state index contributed by atoms with van der Waals surface area (Å²) in [5.41, 5.74) is 3.61. The number of carbonyl (C=O) groups is 1. The monoisotopic (exact) mass is 426 g/mol. The van der Waals surface area contributed by atoms with Crippen LogP contribution in [0.1, 0.15) is 42.4 Å². The molecule has 3 atom stereocenters. The van der Waals surface area contributed by atoms with Crippen molar-refractivity contribution in [3.63, 3.8) is 0 Å². The molecule has 2 saturated heterocycles. The van der Waals surface area contributed by atoms with Gasteiger partial charge in [0.1, 0.15) is 0 Å². The van der Waals surface area contributed by atoms with Crippen molar-refractivity contribution in [2.75, 3.05) is 38.2 Å². The topological polar surface area (TPSA) is 80.3 Å². The maximum Gasteiger partial charge on any atom is 0.221 e. The quantitative estimate of drug-likeness (QED) is 0.739. The highest BCUT2D eigenvalue weighted by atomic mass is 16.7. The molecule has 7 heteroatoms. The van der Waals surface area contributed by atoms with Crippen LogP contribution < -0.4 is 5.32 Å². The number of morpholine rings is 1. The third kappa shape index (κ3) is 5.90. The summed E-state index contributed by atoms with van der Waals surface area (Å²) in [5, 5.41) is 12.1. The molecule has 2 fully saturated rings. The van der Waals surface area contributed by atoms with Gasteiger partial charge in [0.25, 0.3) is 0 Å². The van der Waals surface area contributed by atoms with Crippen molar-refractivity contribution in [3.8, 4) is 0 Å². The fourth-order valence-corrected chi connectivity index (χ4v) is 4.03. The number of hydrogen-bond donors (Lipinski definition) is 2. The molecule has 2 aliphatic rings. The summed E-state index contributed by atoms with van der Waals surface area (Å²) >= 11 is 0. The van der Waals surface area contributed by atoms with E-state index in [2.05, 4.69) is 10.2 Å². The first-order chi connectivity index (χ1) is 15.1. The van der Waals surface area contributed by atoms with E-state index in [4.69, 9.17) is 14.2 Å². The average Bonchev–Trinajstić information content (AvgIpc) is 2.80. The molecule has 166 valence electrons. The number of aliphatic hydroxyl groups excluding tert-OH is 1. The lowest BCUT2D eigenvalue weighted by Gasteiger charge is -2.39. The molecule has 31 heavy (non-hydrogen) atoms. The fourth-order valence-electron chi connectivity index (χ4n) is 4.03. The second-order valence-electron chi connectivity index (χ2n) is 8.07. The molecule has 4 rings (SSSR count). The molecule has 0 radical (unpaired) electrons. The number of rotatable bonds is 6. The van der Waals surface area contributed by atoms with E-state index >= 15 is 0 Å². The zero-order valence-corrected chi connectivity index (χ0v) is 17.8. The van der Waals surface area contributed by atoms with Crippen LogP contribution in [0.4, 0.5) is 5.69 Å². The highest BCUT2D eigenvalue weighted by molar-refractivity contribution is 5.88. The fraction of sp³-hybridized carbons (Fsp3) is 0.458. The number of carbonyl (C=O) groups excluding carboxylic acids is 1. The van der Waals surface area contributed by atoms with Crippen molar-refractivity contribution in [1.82, 2.24) is 4.90 Å². The van der Waals surface area contributed by atoms with E-state index in [0.29, 0.717) is 0 Å². The Hall–Kier alpha value is -2.29. The Morgan fingerprint density at radius 2 is 1.71 bits per heavy atom. The Balaban J connectivity index is 1.52. The van der Waals surface area contributed by atoms with Gasteiger partial charge in [0.15, 0.2) is 6.29 Å². The molecular weight excluding hydrogens is 396 g/mol. The van der Waals surface area contributed by atoms with Crippen molar-refractivity contribution in [1.29, 1.82) is 0 Å². The highest BCUT2D eigenvalue weighted by Gasteiger charge is 2.33. The van der Waals surface area contributed by atoms with Gasteiger partial charge >= 0.3 is 0 Å². The smallest absolute Gasteiger partial charge is 0.221 e. The number of nitrogens with zero attached hydrogens (tertiary/aromatic N) is 1. The lowest BCUT2D eigenvalue weighted by molar-refractivity contribution is -0.253. The minimum absolute atomic E-state index is 0.0226. The molecule has 1 amide bonds. The van der Waals surface area contributed by atoms with Crippen LogP contribution >= 0.6 is 0 Å². The van der Waals surface area contributed by atoms with E-state index in [9.17, 15) is 9.90 Å². The summed E-state index contributed by atoms with van der Waals surface area (Å²) in [4.78, 5) is 13.7. The largest absolute Gasteiger partial charge is 0.392 e. The zero-order valence-electron chi connectivity index (χ0n) is 17.8. The van der Waals surface area contributed by atoms with E-state index in [0.717, 1.165) is 61.6 Å². The molecule has 0 saturated carbocycles. The average molecular weight is 427 g/mol. The Morgan fingerprint density at radius 1 is 1.03 bits per heavy atom. The Morgan fingerprint density at radius 3 is 2.35 bits per heavy atom. The van der Waals surface area contributed by atoms with Crippen molar-refractivity contribution in [3.05, 3.63) is 65.2 Å². The Kier molecular flexibility index (Phi) is 7.32. The van der Waals surface area contributed by atoms with Crippen LogP contribution in [0, 0.1) is 0 Å². The molecule has 3 unspecified atom stereocenters. The van der Waals surface area contributed by atoms with Crippen LogP contribution in [-0.2, 0) is 25.6 Å². The molecule has 2 aromatic carbocycles. The molecule has 0 spiro atoms. The number of ether oxygens (including phenoxy) is 3. The van der Waals surface area contributed by atoms with Gasteiger partial charge < -0.3 is 24.6 Å². The number of anilines is 1. The van der Waals surface area contributed by atoms with Crippen LogP contribution in [-0.4, -0.2) is 54.9 Å². The van der Waals surface area contributed by atoms with Crippen LogP contribution in [0.3, 0.4) is 0 Å². The minimum atomic E-state index is -0.492. The normalized spacial score (nSPS) is 24.6. The lowest BCUT2D eigenvalue weighted by atomic mass is 9.99. The number of benzene rings is 2. The summed E-state index contributed by atoms with van der Waals surface area (Å²) in [6.45, 7) is 5.67. The second kappa shape index (κ2) is 10.3. The van der Waals surface area contributed by atoms with Crippen LogP contribution in [0.2, 0.25) is 0 Å². The van der Waals surface area contributed by atoms with Crippen LogP contribution in [0.5, 0.6) is 0 Å². The van der Waals surface area contributed by atoms with Crippen molar-refractivity contribution >= 4 is 11.6 Å². The first kappa shape index (κ1) is 21.9. The van der Waals surface area contributed by atoms with Gasteiger partial charge in [0.05, 0.1) is 32.0 Å². The van der Waals surface area contributed by atoms with E-state index in [1.807, 2.05) is 48.5 Å². The number of hydrogen-bond acceptors (Lipinski definition) is 6. The molecule has 0 aliphatic carbocycles. The molecular formula is C24H30N2O5. The van der Waals surface area contributed by atoms with Crippen LogP contribution in [0.15, 0.2) is 48.5 Å². The van der Waals surface area contributed by atoms with Gasteiger partial charge in [-0.3, -0.25) is 9.69 Å². The predicted octanol–water partition coefficient (Wildman–Crippen LogP) is 3.01. The molecule has 0 aromatic heterocycles. The summed E-state index contributed by atoms with van der Waals surface area (Å²) < 4.78 is 18.2. The van der Waals surface area contributed by atoms with E-state index in [1.165, 1.54) is 6.92 Å². The van der Waals surface area contributed by atoms with E-state index < -0.39 is 6.29 Å². The van der Waals surface area contributed by atoms with Gasteiger partial charge in [0, 0.05) is 44.2 Å². The third-order valence-electron chi connectivity index (χ3n) is 5.68. The maximum atomic E-state index is 11.3. The summed E-state index contributed by atoms with van der Waals surface area (Å²) in [6.07, 6.45) is 0.187. The van der Waals surface area contributed by atoms with Gasteiger partial charge in [-0.15, -0.1) is 0 Å². The van der Waals surface area contributed by atoms with Crippen molar-refractivity contribution in [2.24, 2.45) is 0 Å². The molecule has 2 heterocycles. The summed E-state index contributed by atoms with van der Waals surface area (Å²) in [5.74, 6) is -0.102. The minimum Gasteiger partial charge on any atom is -0.392 e. The standard InChI is InChI=1S/C24H30N2O5/c1-17(28)25-21-8-6-20(7-9-21)24-30-22(15-26-10-12-29-13-11-26)14-23(31-24)19-4-2-18(16-27)3-5-19/h2-9,22-24,27H,10-16H2,1H3,(H,25,28). The van der Waals surface area contributed by atoms with Gasteiger partial charge in [-0.25, -0.2) is 0 Å². The van der Waals surface area contributed by atoms with Gasteiger partial charge in [-0.1, -0.05) is 36.4 Å². The first-order valence-electron chi connectivity index (χ1n) is 10.8. The van der Waals surface area contributed by atoms with E-state index in [-0.39, 0.29) is 24.7 Å². The molecule has 2 aromatic rings. The first-order valence-corrected chi connectivity index (χ1v) is 10.8. The van der Waals surface area contributed by atoms with Crippen LogP contribution in [0.25, 0.3) is 0 Å². The predicted molar refractivity (Wildman–Crippen MR) is 116 cm³/mol. The number of nitrogens with one attached hydrogen (secondary N) is 1. The molecule has 7 nitrogen and oxygen atoms in total. The van der Waals surface area contributed by atoms with Crippen molar-refractivity contribution < 1.29 is 24.1 Å². The maximum absolute atomic E-state index is 11.3. The number of aliphatic hydroxyl groups is 1. The zero-order chi connectivity index (χ0) is 21.6. The summed E-state index contributed by atoms with van der Waals surface area (Å²) in [6, 6.07) is 15.5. The second-order valence-corrected chi connectivity index (χ2v) is 8.07. The summed E-state index contributed by atoms with van der Waals surface area (Å²) in [7, 11) is 0. The van der Waals surface area contributed by atoms with E-state index in [1.54, 1.807) is 0 Å². The van der Waals surface area contributed by atoms with Gasteiger partial charge in [0.2, 0.25) is 5.91 Å². The van der Waals surface area contributed by atoms with Crippen molar-refractivity contribution in [2.45, 2.75) is 38.4 Å².